The van der Waals surface area contributed by atoms with Crippen molar-refractivity contribution >= 4 is 0 Å². The summed E-state index contributed by atoms with van der Waals surface area (Å²) in [6, 6.07) is 0.650. The van der Waals surface area contributed by atoms with Gasteiger partial charge in [-0.25, -0.2) is 0 Å². The van der Waals surface area contributed by atoms with E-state index in [1.54, 1.807) is 0 Å². The van der Waals surface area contributed by atoms with Crippen molar-refractivity contribution in [1.82, 2.24) is 10.2 Å². The van der Waals surface area contributed by atoms with Crippen molar-refractivity contribution in [1.29, 1.82) is 0 Å². The molecule has 1 saturated heterocycles. The highest BCUT2D eigenvalue weighted by atomic mass is 16.5. The van der Waals surface area contributed by atoms with Crippen molar-refractivity contribution in [2.45, 2.75) is 64.2 Å². The number of morpholine rings is 1. The van der Waals surface area contributed by atoms with Crippen molar-refractivity contribution in [3.05, 3.63) is 0 Å². The van der Waals surface area contributed by atoms with Crippen LogP contribution in [-0.4, -0.2) is 62.5 Å². The zero-order valence-corrected chi connectivity index (χ0v) is 13.8. The van der Waals surface area contributed by atoms with Crippen LogP contribution in [0.15, 0.2) is 0 Å². The van der Waals surface area contributed by atoms with Gasteiger partial charge in [-0.1, -0.05) is 19.8 Å². The Morgan fingerprint density at radius 3 is 2.81 bits per heavy atom. The van der Waals surface area contributed by atoms with Gasteiger partial charge in [0.2, 0.25) is 0 Å². The molecule has 4 nitrogen and oxygen atoms in total. The van der Waals surface area contributed by atoms with E-state index >= 15 is 0 Å². The summed E-state index contributed by atoms with van der Waals surface area (Å²) in [5.74, 6) is 0. The minimum atomic E-state index is 0.364. The predicted octanol–water partition coefficient (Wildman–Crippen LogP) is 2.03. The first kappa shape index (κ1) is 15.7. The summed E-state index contributed by atoms with van der Waals surface area (Å²) in [6.07, 6.45) is 7.52. The molecule has 3 aliphatic rings. The first-order chi connectivity index (χ1) is 10.3. The Labute approximate surface area is 129 Å². The van der Waals surface area contributed by atoms with E-state index in [0.717, 1.165) is 39.4 Å². The van der Waals surface area contributed by atoms with Crippen LogP contribution in [0, 0.1) is 5.41 Å². The summed E-state index contributed by atoms with van der Waals surface area (Å²) < 4.78 is 11.9. The van der Waals surface area contributed by atoms with E-state index < -0.39 is 0 Å². The number of nitrogens with zero attached hydrogens (tertiary/aromatic N) is 1. The molecule has 0 aromatic heterocycles. The Morgan fingerprint density at radius 1 is 1.29 bits per heavy atom. The van der Waals surface area contributed by atoms with Crippen molar-refractivity contribution < 1.29 is 9.47 Å². The number of ether oxygens (including phenoxy) is 2. The third-order valence-corrected chi connectivity index (χ3v) is 5.95. The molecule has 4 heteroatoms. The smallest absolute Gasteiger partial charge is 0.0826 e. The Kier molecular flexibility index (Phi) is 5.20. The largest absolute Gasteiger partial charge is 0.378 e. The lowest BCUT2D eigenvalue weighted by molar-refractivity contribution is -0.133. The first-order valence-electron chi connectivity index (χ1n) is 8.97. The summed E-state index contributed by atoms with van der Waals surface area (Å²) >= 11 is 0. The zero-order valence-electron chi connectivity index (χ0n) is 13.8. The molecule has 0 radical (unpaired) electrons. The molecule has 0 amide bonds. The molecule has 2 aliphatic carbocycles. The molecule has 1 aliphatic heterocycles. The molecule has 3 fully saturated rings. The molecule has 3 atom stereocenters. The molecule has 122 valence electrons. The van der Waals surface area contributed by atoms with Gasteiger partial charge in [0.1, 0.15) is 0 Å². The lowest BCUT2D eigenvalue weighted by atomic mass is 9.60. The number of hydrogen-bond donors (Lipinski definition) is 1. The summed E-state index contributed by atoms with van der Waals surface area (Å²) in [4.78, 5) is 2.49. The summed E-state index contributed by atoms with van der Waals surface area (Å²) in [6.45, 7) is 10.4. The van der Waals surface area contributed by atoms with Gasteiger partial charge in [0.05, 0.1) is 18.8 Å². The zero-order chi connectivity index (χ0) is 14.7. The third-order valence-electron chi connectivity index (χ3n) is 5.95. The average Bonchev–Trinajstić information content (AvgIpc) is 3.03. The molecule has 0 bridgehead atoms. The van der Waals surface area contributed by atoms with Gasteiger partial charge in [-0.3, -0.25) is 4.90 Å². The average molecular weight is 296 g/mol. The molecule has 1 N–H and O–H groups in total. The highest BCUT2D eigenvalue weighted by molar-refractivity contribution is 5.10. The minimum absolute atomic E-state index is 0.364. The van der Waals surface area contributed by atoms with E-state index in [9.17, 15) is 0 Å². The van der Waals surface area contributed by atoms with Gasteiger partial charge in [0.25, 0.3) is 0 Å². The van der Waals surface area contributed by atoms with Crippen LogP contribution in [0.4, 0.5) is 0 Å². The van der Waals surface area contributed by atoms with Gasteiger partial charge in [-0.15, -0.1) is 0 Å². The lowest BCUT2D eigenvalue weighted by Crippen LogP contribution is -2.64. The second-order valence-corrected chi connectivity index (χ2v) is 6.97. The van der Waals surface area contributed by atoms with Crippen LogP contribution in [0.1, 0.15) is 46.0 Å². The topological polar surface area (TPSA) is 33.7 Å². The minimum Gasteiger partial charge on any atom is -0.378 e. The monoisotopic (exact) mass is 296 g/mol. The van der Waals surface area contributed by atoms with Crippen LogP contribution >= 0.6 is 0 Å². The molecule has 0 aromatic carbocycles. The molecule has 2 saturated carbocycles. The molecule has 1 spiro atoms. The van der Waals surface area contributed by atoms with Crippen molar-refractivity contribution in [3.63, 3.8) is 0 Å². The molecule has 21 heavy (non-hydrogen) atoms. The molecule has 3 unspecified atom stereocenters. The van der Waals surface area contributed by atoms with E-state index in [4.69, 9.17) is 9.47 Å². The number of hydrogen-bond acceptors (Lipinski definition) is 4. The quantitative estimate of drug-likeness (QED) is 0.813. The summed E-state index contributed by atoms with van der Waals surface area (Å²) in [5, 5.41) is 3.82. The van der Waals surface area contributed by atoms with Gasteiger partial charge >= 0.3 is 0 Å². The van der Waals surface area contributed by atoms with Crippen LogP contribution in [0.2, 0.25) is 0 Å². The Hall–Kier alpha value is -0.160. The van der Waals surface area contributed by atoms with Crippen molar-refractivity contribution in [2.24, 2.45) is 5.41 Å². The first-order valence-corrected chi connectivity index (χ1v) is 8.97. The Balaban J connectivity index is 1.49. The van der Waals surface area contributed by atoms with E-state index in [-0.39, 0.29) is 0 Å². The molecular formula is C17H32N2O2. The second-order valence-electron chi connectivity index (χ2n) is 6.97. The normalized spacial score (nSPS) is 36.0. The highest BCUT2D eigenvalue weighted by Crippen LogP contribution is 2.54. The fourth-order valence-corrected chi connectivity index (χ4v) is 4.64. The predicted molar refractivity (Wildman–Crippen MR) is 84.6 cm³/mol. The van der Waals surface area contributed by atoms with Gasteiger partial charge in [-0.2, -0.15) is 0 Å². The number of rotatable bonds is 6. The second kappa shape index (κ2) is 6.95. The van der Waals surface area contributed by atoms with Crippen LogP contribution in [0.3, 0.4) is 0 Å². The molecule has 0 aromatic rings. The standard InChI is InChI=1S/C17H32N2O2/c1-3-19-9-10-21-14(13-19)12-18-15-11-16(20-4-2)17(15)7-5-6-8-17/h14-16,18H,3-13H2,1-2H3. The summed E-state index contributed by atoms with van der Waals surface area (Å²) in [7, 11) is 0. The van der Waals surface area contributed by atoms with Gasteiger partial charge in [0, 0.05) is 37.7 Å². The molecular weight excluding hydrogens is 264 g/mol. The van der Waals surface area contributed by atoms with E-state index in [1.807, 2.05) is 0 Å². The molecule has 3 rings (SSSR count). The van der Waals surface area contributed by atoms with E-state index in [1.165, 1.54) is 32.1 Å². The highest BCUT2D eigenvalue weighted by Gasteiger charge is 2.56. The van der Waals surface area contributed by atoms with Crippen LogP contribution in [-0.2, 0) is 9.47 Å². The van der Waals surface area contributed by atoms with Crippen LogP contribution < -0.4 is 5.32 Å². The number of likely N-dealkylation sites (N-methyl/N-ethyl adjacent to an activating group) is 1. The number of nitrogens with one attached hydrogen (secondary N) is 1. The molecule has 1 heterocycles. The Bertz CT molecular complexity index is 331. The maximum Gasteiger partial charge on any atom is 0.0826 e. The van der Waals surface area contributed by atoms with Crippen LogP contribution in [0.25, 0.3) is 0 Å². The van der Waals surface area contributed by atoms with Gasteiger partial charge < -0.3 is 14.8 Å². The lowest BCUT2D eigenvalue weighted by Gasteiger charge is -2.54. The fourth-order valence-electron chi connectivity index (χ4n) is 4.64. The van der Waals surface area contributed by atoms with Crippen LogP contribution in [0.5, 0.6) is 0 Å². The maximum atomic E-state index is 5.99. The van der Waals surface area contributed by atoms with Crippen molar-refractivity contribution in [3.8, 4) is 0 Å². The fraction of sp³-hybridized carbons (Fsp3) is 1.00. The third kappa shape index (κ3) is 3.14. The van der Waals surface area contributed by atoms with E-state index in [0.29, 0.717) is 23.7 Å². The van der Waals surface area contributed by atoms with Gasteiger partial charge in [-0.05, 0) is 32.7 Å². The van der Waals surface area contributed by atoms with Crippen molar-refractivity contribution in [2.75, 3.05) is 39.4 Å². The maximum absolute atomic E-state index is 5.99. The SMILES string of the molecule is CCOC1CC(NCC2CN(CC)CCO2)C12CCCC2. The Morgan fingerprint density at radius 2 is 2.10 bits per heavy atom. The summed E-state index contributed by atoms with van der Waals surface area (Å²) in [5.41, 5.74) is 0.440. The van der Waals surface area contributed by atoms with Gasteiger partial charge in [0.15, 0.2) is 0 Å². The van der Waals surface area contributed by atoms with E-state index in [2.05, 4.69) is 24.1 Å².